The van der Waals surface area contributed by atoms with Crippen LogP contribution in [0.5, 0.6) is 0 Å². The zero-order valence-corrected chi connectivity index (χ0v) is 9.36. The van der Waals surface area contributed by atoms with Crippen LogP contribution in [0.3, 0.4) is 0 Å². The molecule has 0 spiro atoms. The van der Waals surface area contributed by atoms with Crippen molar-refractivity contribution in [3.63, 3.8) is 0 Å². The Hall–Kier alpha value is -1.35. The summed E-state index contributed by atoms with van der Waals surface area (Å²) < 4.78 is 0. The lowest BCUT2D eigenvalue weighted by Gasteiger charge is -2.02. The third-order valence-electron chi connectivity index (χ3n) is 2.01. The predicted molar refractivity (Wildman–Crippen MR) is 61.3 cm³/mol. The molecule has 0 aromatic heterocycles. The fourth-order valence-corrected chi connectivity index (χ4v) is 1.37. The highest BCUT2D eigenvalue weighted by Crippen LogP contribution is 2.21. The fourth-order valence-electron chi connectivity index (χ4n) is 1.18. The monoisotopic (exact) mass is 225 g/mol. The van der Waals surface area contributed by atoms with Gasteiger partial charge in [-0.2, -0.15) is 0 Å². The number of nitro groups is 1. The van der Waals surface area contributed by atoms with E-state index in [-0.39, 0.29) is 16.5 Å². The van der Waals surface area contributed by atoms with Gasteiger partial charge in [-0.15, -0.1) is 0 Å². The summed E-state index contributed by atoms with van der Waals surface area (Å²) in [6.45, 7) is 3.57. The normalized spacial score (nSPS) is 11.9. The summed E-state index contributed by atoms with van der Waals surface area (Å²) in [4.78, 5) is 10.4. The third-order valence-corrected chi connectivity index (χ3v) is 2.36. The van der Waals surface area contributed by atoms with E-state index in [1.807, 2.05) is 0 Å². The molecule has 1 rings (SSSR count). The first-order valence-corrected chi connectivity index (χ1v) is 5.00. The number of halogens is 1. The van der Waals surface area contributed by atoms with Gasteiger partial charge in [0.05, 0.1) is 4.92 Å². The molecule has 0 bridgehead atoms. The maximum Gasteiger partial charge on any atom is 0.249 e. The second kappa shape index (κ2) is 4.94. The SMILES string of the molecule is CC(C)/C(=C/c1ccccc1Cl)[N+](=O)[O-]. The summed E-state index contributed by atoms with van der Waals surface area (Å²) in [5.41, 5.74) is 0.850. The van der Waals surface area contributed by atoms with Crippen LogP contribution in [-0.2, 0) is 0 Å². The van der Waals surface area contributed by atoms with Gasteiger partial charge in [-0.05, 0) is 11.6 Å². The van der Waals surface area contributed by atoms with E-state index in [0.717, 1.165) is 0 Å². The molecule has 0 atom stereocenters. The van der Waals surface area contributed by atoms with Gasteiger partial charge in [-0.1, -0.05) is 43.6 Å². The van der Waals surface area contributed by atoms with Crippen molar-refractivity contribution in [2.24, 2.45) is 5.92 Å². The van der Waals surface area contributed by atoms with E-state index in [0.29, 0.717) is 10.6 Å². The second-order valence-corrected chi connectivity index (χ2v) is 3.91. The predicted octanol–water partition coefficient (Wildman–Crippen LogP) is 3.61. The molecule has 0 fully saturated rings. The average molecular weight is 226 g/mol. The summed E-state index contributed by atoms with van der Waals surface area (Å²) >= 11 is 5.91. The molecular weight excluding hydrogens is 214 g/mol. The first-order valence-electron chi connectivity index (χ1n) is 4.63. The second-order valence-electron chi connectivity index (χ2n) is 3.50. The van der Waals surface area contributed by atoms with Gasteiger partial charge in [-0.25, -0.2) is 0 Å². The lowest BCUT2D eigenvalue weighted by Crippen LogP contribution is -2.05. The van der Waals surface area contributed by atoms with Gasteiger partial charge < -0.3 is 0 Å². The number of nitrogens with zero attached hydrogens (tertiary/aromatic N) is 1. The van der Waals surface area contributed by atoms with E-state index in [1.54, 1.807) is 38.1 Å². The molecule has 0 radical (unpaired) electrons. The molecule has 80 valence electrons. The lowest BCUT2D eigenvalue weighted by molar-refractivity contribution is -0.431. The van der Waals surface area contributed by atoms with Crippen molar-refractivity contribution >= 4 is 17.7 Å². The quantitative estimate of drug-likeness (QED) is 0.583. The first kappa shape index (κ1) is 11.7. The molecule has 0 saturated carbocycles. The summed E-state index contributed by atoms with van der Waals surface area (Å²) in [6, 6.07) is 7.07. The Kier molecular flexibility index (Phi) is 3.86. The highest BCUT2D eigenvalue weighted by atomic mass is 35.5. The van der Waals surface area contributed by atoms with Crippen LogP contribution in [0.1, 0.15) is 19.4 Å². The Morgan fingerprint density at radius 1 is 1.47 bits per heavy atom. The molecule has 15 heavy (non-hydrogen) atoms. The molecular formula is C11H12ClNO2. The largest absolute Gasteiger partial charge is 0.259 e. The van der Waals surface area contributed by atoms with Crippen molar-refractivity contribution in [2.45, 2.75) is 13.8 Å². The summed E-state index contributed by atoms with van der Waals surface area (Å²) in [5.74, 6) is -0.128. The van der Waals surface area contributed by atoms with Crippen LogP contribution in [0.15, 0.2) is 30.0 Å². The van der Waals surface area contributed by atoms with Crippen molar-refractivity contribution in [3.8, 4) is 0 Å². The van der Waals surface area contributed by atoms with E-state index in [4.69, 9.17) is 11.6 Å². The van der Waals surface area contributed by atoms with Gasteiger partial charge in [0.2, 0.25) is 5.70 Å². The fraction of sp³-hybridized carbons (Fsp3) is 0.273. The maximum absolute atomic E-state index is 10.8. The Morgan fingerprint density at radius 3 is 2.53 bits per heavy atom. The van der Waals surface area contributed by atoms with Crippen LogP contribution >= 0.6 is 11.6 Å². The molecule has 1 aromatic rings. The molecule has 3 nitrogen and oxygen atoms in total. The van der Waals surface area contributed by atoms with Crippen molar-refractivity contribution in [1.29, 1.82) is 0 Å². The van der Waals surface area contributed by atoms with Crippen molar-refractivity contribution in [1.82, 2.24) is 0 Å². The number of hydrogen-bond donors (Lipinski definition) is 0. The third kappa shape index (κ3) is 3.06. The highest BCUT2D eigenvalue weighted by Gasteiger charge is 2.15. The average Bonchev–Trinajstić information content (AvgIpc) is 2.15. The number of benzene rings is 1. The van der Waals surface area contributed by atoms with Crippen LogP contribution in [0.25, 0.3) is 6.08 Å². The number of allylic oxidation sites excluding steroid dienone is 1. The van der Waals surface area contributed by atoms with Crippen molar-refractivity contribution in [2.75, 3.05) is 0 Å². The maximum atomic E-state index is 10.8. The van der Waals surface area contributed by atoms with Crippen LogP contribution < -0.4 is 0 Å². The zero-order chi connectivity index (χ0) is 11.4. The highest BCUT2D eigenvalue weighted by molar-refractivity contribution is 6.32. The Morgan fingerprint density at radius 2 is 2.07 bits per heavy atom. The minimum atomic E-state index is -0.367. The van der Waals surface area contributed by atoms with Crippen LogP contribution in [0.2, 0.25) is 5.02 Å². The molecule has 0 aliphatic rings. The smallest absolute Gasteiger partial charge is 0.249 e. The van der Waals surface area contributed by atoms with Crippen LogP contribution in [0, 0.1) is 16.0 Å². The minimum absolute atomic E-state index is 0.128. The van der Waals surface area contributed by atoms with E-state index in [2.05, 4.69) is 0 Å². The molecule has 0 aliphatic carbocycles. The molecule has 0 aliphatic heterocycles. The van der Waals surface area contributed by atoms with E-state index in [9.17, 15) is 10.1 Å². The molecule has 4 heteroatoms. The van der Waals surface area contributed by atoms with Crippen molar-refractivity contribution in [3.05, 3.63) is 50.7 Å². The van der Waals surface area contributed by atoms with E-state index >= 15 is 0 Å². The van der Waals surface area contributed by atoms with Crippen LogP contribution in [0.4, 0.5) is 0 Å². The van der Waals surface area contributed by atoms with Gasteiger partial charge >= 0.3 is 0 Å². The summed E-state index contributed by atoms with van der Waals surface area (Å²) in [5, 5.41) is 11.3. The first-order chi connectivity index (χ1) is 7.02. The Bertz CT molecular complexity index is 399. The molecule has 0 saturated heterocycles. The molecule has 0 amide bonds. The summed E-state index contributed by atoms with van der Waals surface area (Å²) in [7, 11) is 0. The molecule has 0 N–H and O–H groups in total. The molecule has 1 aromatic carbocycles. The Labute approximate surface area is 93.5 Å². The lowest BCUT2D eigenvalue weighted by atomic mass is 10.1. The van der Waals surface area contributed by atoms with Gasteiger partial charge in [0.25, 0.3) is 0 Å². The zero-order valence-electron chi connectivity index (χ0n) is 8.61. The summed E-state index contributed by atoms with van der Waals surface area (Å²) in [6.07, 6.45) is 1.52. The van der Waals surface area contributed by atoms with Gasteiger partial charge in [0, 0.05) is 17.0 Å². The standard InChI is InChI=1S/C11H12ClNO2/c1-8(2)11(13(14)15)7-9-5-3-4-6-10(9)12/h3-8H,1-2H3/b11-7-. The number of hydrogen-bond acceptors (Lipinski definition) is 2. The Balaban J connectivity index is 3.14. The van der Waals surface area contributed by atoms with Gasteiger partial charge in [0.1, 0.15) is 0 Å². The topological polar surface area (TPSA) is 43.1 Å². The molecule has 0 unspecified atom stereocenters. The number of rotatable bonds is 3. The molecule has 0 heterocycles. The van der Waals surface area contributed by atoms with Crippen molar-refractivity contribution < 1.29 is 4.92 Å². The van der Waals surface area contributed by atoms with Gasteiger partial charge in [0.15, 0.2) is 0 Å². The van der Waals surface area contributed by atoms with Crippen LogP contribution in [-0.4, -0.2) is 4.92 Å². The van der Waals surface area contributed by atoms with E-state index < -0.39 is 0 Å². The van der Waals surface area contributed by atoms with Gasteiger partial charge in [-0.3, -0.25) is 10.1 Å². The minimum Gasteiger partial charge on any atom is -0.259 e. The van der Waals surface area contributed by atoms with E-state index in [1.165, 1.54) is 6.08 Å².